The molecule has 1 aliphatic carbocycles. The normalized spacial score (nSPS) is 14.0. The van der Waals surface area contributed by atoms with Gasteiger partial charge in [-0.25, -0.2) is 9.78 Å². The van der Waals surface area contributed by atoms with E-state index in [1.807, 2.05) is 13.0 Å². The van der Waals surface area contributed by atoms with Crippen LogP contribution in [-0.4, -0.2) is 18.1 Å². The van der Waals surface area contributed by atoms with Crippen LogP contribution in [0.5, 0.6) is 11.5 Å². The fourth-order valence-electron chi connectivity index (χ4n) is 2.21. The summed E-state index contributed by atoms with van der Waals surface area (Å²) < 4.78 is 15.8. The molecule has 5 nitrogen and oxygen atoms in total. The smallest absolute Gasteiger partial charge is 0.365 e. The molecule has 110 valence electrons. The number of benzene rings is 1. The molecule has 5 heteroatoms. The molecule has 0 amide bonds. The van der Waals surface area contributed by atoms with Gasteiger partial charge in [-0.15, -0.1) is 0 Å². The molecule has 0 unspecified atom stereocenters. The highest BCUT2D eigenvalue weighted by Crippen LogP contribution is 2.45. The standard InChI is InChI=1S/C16H17NO4/c1-3-15-17-13(9-20-15)16(18)21-11-6-7-12(10-4-5-10)14(8-11)19-2/h6-10H,3-5H2,1-2H3. The highest BCUT2D eigenvalue weighted by Gasteiger charge is 2.27. The first kappa shape index (κ1) is 13.7. The third kappa shape index (κ3) is 2.91. The number of esters is 1. The summed E-state index contributed by atoms with van der Waals surface area (Å²) in [6.07, 6.45) is 4.33. The Bertz CT molecular complexity index is 658. The van der Waals surface area contributed by atoms with Crippen LogP contribution in [0, 0.1) is 0 Å². The third-order valence-electron chi connectivity index (χ3n) is 3.50. The molecule has 0 N–H and O–H groups in total. The number of rotatable bonds is 5. The van der Waals surface area contributed by atoms with E-state index in [0.29, 0.717) is 24.0 Å². The number of carbonyl (C=O) groups is 1. The summed E-state index contributed by atoms with van der Waals surface area (Å²) in [7, 11) is 1.62. The number of hydrogen-bond acceptors (Lipinski definition) is 5. The first-order valence-electron chi connectivity index (χ1n) is 7.05. The SMILES string of the molecule is CCc1nc(C(=O)Oc2ccc(C3CC3)c(OC)c2)co1. The summed E-state index contributed by atoms with van der Waals surface area (Å²) in [5.41, 5.74) is 1.35. The molecular weight excluding hydrogens is 270 g/mol. The molecule has 0 bridgehead atoms. The molecule has 0 saturated heterocycles. The highest BCUT2D eigenvalue weighted by atomic mass is 16.5. The van der Waals surface area contributed by atoms with Crippen LogP contribution in [0.15, 0.2) is 28.9 Å². The third-order valence-corrected chi connectivity index (χ3v) is 3.50. The Balaban J connectivity index is 1.76. The van der Waals surface area contributed by atoms with Gasteiger partial charge in [-0.05, 0) is 30.4 Å². The van der Waals surface area contributed by atoms with Crippen molar-refractivity contribution >= 4 is 5.97 Å². The predicted octanol–water partition coefficient (Wildman–Crippen LogP) is 3.34. The number of hydrogen-bond donors (Lipinski definition) is 0. The number of aromatic nitrogens is 1. The molecule has 1 aliphatic rings. The fourth-order valence-corrected chi connectivity index (χ4v) is 2.21. The fraction of sp³-hybridized carbons (Fsp3) is 0.375. The minimum Gasteiger partial charge on any atom is -0.496 e. The number of methoxy groups -OCH3 is 1. The molecule has 0 atom stereocenters. The van der Waals surface area contributed by atoms with Crippen LogP contribution in [0.25, 0.3) is 0 Å². The van der Waals surface area contributed by atoms with Gasteiger partial charge >= 0.3 is 5.97 Å². The van der Waals surface area contributed by atoms with Crippen LogP contribution >= 0.6 is 0 Å². The van der Waals surface area contributed by atoms with Crippen LogP contribution < -0.4 is 9.47 Å². The van der Waals surface area contributed by atoms with Gasteiger partial charge in [-0.3, -0.25) is 0 Å². The first-order valence-corrected chi connectivity index (χ1v) is 7.05. The lowest BCUT2D eigenvalue weighted by Gasteiger charge is -2.09. The van der Waals surface area contributed by atoms with E-state index in [-0.39, 0.29) is 5.69 Å². The van der Waals surface area contributed by atoms with Crippen LogP contribution in [0.3, 0.4) is 0 Å². The summed E-state index contributed by atoms with van der Waals surface area (Å²) >= 11 is 0. The average molecular weight is 287 g/mol. The van der Waals surface area contributed by atoms with Crippen LogP contribution in [0.2, 0.25) is 0 Å². The summed E-state index contributed by atoms with van der Waals surface area (Å²) in [6, 6.07) is 5.49. The van der Waals surface area contributed by atoms with Crippen molar-refractivity contribution in [2.45, 2.75) is 32.1 Å². The monoisotopic (exact) mass is 287 g/mol. The molecule has 1 heterocycles. The Labute approximate surface area is 122 Å². The maximum Gasteiger partial charge on any atom is 0.365 e. The van der Waals surface area contributed by atoms with Crippen LogP contribution in [-0.2, 0) is 6.42 Å². The molecule has 1 aromatic carbocycles. The van der Waals surface area contributed by atoms with E-state index in [0.717, 1.165) is 5.75 Å². The van der Waals surface area contributed by atoms with Gasteiger partial charge in [-0.1, -0.05) is 13.0 Å². The second-order valence-electron chi connectivity index (χ2n) is 5.05. The zero-order chi connectivity index (χ0) is 14.8. The number of carbonyl (C=O) groups excluding carboxylic acids is 1. The second-order valence-corrected chi connectivity index (χ2v) is 5.05. The molecule has 0 spiro atoms. The Morgan fingerprint density at radius 3 is 2.86 bits per heavy atom. The quantitative estimate of drug-likeness (QED) is 0.623. The molecule has 0 radical (unpaired) electrons. The maximum atomic E-state index is 12.0. The van der Waals surface area contributed by atoms with Gasteiger partial charge in [0.15, 0.2) is 11.6 Å². The minimum atomic E-state index is -0.528. The van der Waals surface area contributed by atoms with Gasteiger partial charge < -0.3 is 13.9 Å². The van der Waals surface area contributed by atoms with E-state index < -0.39 is 5.97 Å². The van der Waals surface area contributed by atoms with Gasteiger partial charge in [0.25, 0.3) is 0 Å². The molecule has 1 fully saturated rings. The number of aryl methyl sites for hydroxylation is 1. The Kier molecular flexibility index (Phi) is 3.64. The zero-order valence-corrected chi connectivity index (χ0v) is 12.1. The van der Waals surface area contributed by atoms with Crippen molar-refractivity contribution in [3.8, 4) is 11.5 Å². The molecule has 1 aromatic heterocycles. The van der Waals surface area contributed by atoms with E-state index in [9.17, 15) is 4.79 Å². The van der Waals surface area contributed by atoms with Gasteiger partial charge in [0.2, 0.25) is 0 Å². The summed E-state index contributed by atoms with van der Waals surface area (Å²) in [6.45, 7) is 1.91. The van der Waals surface area contributed by atoms with Crippen molar-refractivity contribution in [1.82, 2.24) is 4.98 Å². The van der Waals surface area contributed by atoms with Crippen molar-refractivity contribution in [3.63, 3.8) is 0 Å². The lowest BCUT2D eigenvalue weighted by molar-refractivity contribution is 0.0728. The number of oxazole rings is 1. The molecule has 2 aromatic rings. The number of nitrogens with zero attached hydrogens (tertiary/aromatic N) is 1. The number of ether oxygens (including phenoxy) is 2. The van der Waals surface area contributed by atoms with Crippen molar-refractivity contribution in [1.29, 1.82) is 0 Å². The second kappa shape index (κ2) is 5.60. The largest absolute Gasteiger partial charge is 0.496 e. The van der Waals surface area contributed by atoms with Gasteiger partial charge in [0.1, 0.15) is 17.8 Å². The van der Waals surface area contributed by atoms with E-state index in [1.165, 1.54) is 24.7 Å². The highest BCUT2D eigenvalue weighted by molar-refractivity contribution is 5.88. The molecule has 1 saturated carbocycles. The van der Waals surface area contributed by atoms with Crippen LogP contribution in [0.4, 0.5) is 0 Å². The Hall–Kier alpha value is -2.30. The Morgan fingerprint density at radius 1 is 1.43 bits per heavy atom. The zero-order valence-electron chi connectivity index (χ0n) is 12.1. The molecule has 3 rings (SSSR count). The molecule has 21 heavy (non-hydrogen) atoms. The van der Waals surface area contributed by atoms with E-state index in [1.54, 1.807) is 19.2 Å². The average Bonchev–Trinajstić information content (AvgIpc) is 3.23. The summed E-state index contributed by atoms with van der Waals surface area (Å²) in [4.78, 5) is 16.0. The van der Waals surface area contributed by atoms with Crippen molar-refractivity contribution in [3.05, 3.63) is 41.6 Å². The van der Waals surface area contributed by atoms with E-state index in [2.05, 4.69) is 4.98 Å². The van der Waals surface area contributed by atoms with Crippen LogP contribution in [0.1, 0.15) is 47.6 Å². The maximum absolute atomic E-state index is 12.0. The van der Waals surface area contributed by atoms with Gasteiger partial charge in [0.05, 0.1) is 7.11 Å². The predicted molar refractivity (Wildman–Crippen MR) is 75.8 cm³/mol. The Morgan fingerprint density at radius 2 is 2.24 bits per heavy atom. The van der Waals surface area contributed by atoms with Gasteiger partial charge in [0, 0.05) is 12.5 Å². The molecular formula is C16H17NO4. The minimum absolute atomic E-state index is 0.178. The van der Waals surface area contributed by atoms with Crippen molar-refractivity contribution in [2.75, 3.05) is 7.11 Å². The van der Waals surface area contributed by atoms with Gasteiger partial charge in [-0.2, -0.15) is 0 Å². The lowest BCUT2D eigenvalue weighted by atomic mass is 10.1. The van der Waals surface area contributed by atoms with E-state index >= 15 is 0 Å². The van der Waals surface area contributed by atoms with Crippen molar-refractivity contribution in [2.24, 2.45) is 0 Å². The summed E-state index contributed by atoms with van der Waals surface area (Å²) in [5.74, 6) is 1.77. The first-order chi connectivity index (χ1) is 10.2. The topological polar surface area (TPSA) is 61.6 Å². The van der Waals surface area contributed by atoms with E-state index in [4.69, 9.17) is 13.9 Å². The summed E-state index contributed by atoms with van der Waals surface area (Å²) in [5, 5.41) is 0. The van der Waals surface area contributed by atoms with Crippen molar-refractivity contribution < 1.29 is 18.7 Å². The lowest BCUT2D eigenvalue weighted by Crippen LogP contribution is -2.09. The molecule has 0 aliphatic heterocycles.